The fraction of sp³-hybridized carbons (Fsp3) is 0.417. The minimum Gasteiger partial charge on any atom is -0.368 e. The molecule has 1 saturated heterocycles. The SMILES string of the molecule is CCC(C(=O)N1CCN(c2ccc(Cl)cc2)CC1)N1C(=O)CCCc2ccccc21. The normalized spacial score (nSPS) is 18.1. The molecule has 6 heteroatoms. The van der Waals surface area contributed by atoms with Gasteiger partial charge in [-0.15, -0.1) is 0 Å². The van der Waals surface area contributed by atoms with Crippen LogP contribution in [-0.2, 0) is 16.0 Å². The van der Waals surface area contributed by atoms with Crippen molar-refractivity contribution < 1.29 is 9.59 Å². The molecular formula is C24H28ClN3O2. The number of anilines is 2. The van der Waals surface area contributed by atoms with Crippen molar-refractivity contribution >= 4 is 34.8 Å². The second kappa shape index (κ2) is 9.09. The Morgan fingerprint density at radius 1 is 1.00 bits per heavy atom. The van der Waals surface area contributed by atoms with Crippen LogP contribution in [0.1, 0.15) is 31.7 Å². The second-order valence-corrected chi connectivity index (χ2v) is 8.40. The molecule has 2 heterocycles. The number of hydrogen-bond acceptors (Lipinski definition) is 3. The Hall–Kier alpha value is -2.53. The van der Waals surface area contributed by atoms with Crippen LogP contribution in [0.2, 0.25) is 5.02 Å². The molecule has 5 nitrogen and oxygen atoms in total. The number of hydrogen-bond donors (Lipinski definition) is 0. The average molecular weight is 426 g/mol. The summed E-state index contributed by atoms with van der Waals surface area (Å²) in [5.74, 6) is 0.109. The van der Waals surface area contributed by atoms with Crippen LogP contribution in [0.3, 0.4) is 0 Å². The molecule has 2 aromatic rings. The molecule has 0 bridgehead atoms. The lowest BCUT2D eigenvalue weighted by molar-refractivity contribution is -0.135. The highest BCUT2D eigenvalue weighted by atomic mass is 35.5. The predicted octanol–water partition coefficient (Wildman–Crippen LogP) is 4.14. The zero-order valence-electron chi connectivity index (χ0n) is 17.4. The number of halogens is 1. The molecular weight excluding hydrogens is 398 g/mol. The topological polar surface area (TPSA) is 43.9 Å². The van der Waals surface area contributed by atoms with E-state index in [4.69, 9.17) is 11.6 Å². The van der Waals surface area contributed by atoms with Crippen molar-refractivity contribution in [2.75, 3.05) is 36.0 Å². The van der Waals surface area contributed by atoms with Gasteiger partial charge in [-0.05, 0) is 55.2 Å². The Bertz CT molecular complexity index is 907. The smallest absolute Gasteiger partial charge is 0.245 e. The van der Waals surface area contributed by atoms with E-state index in [2.05, 4.69) is 11.0 Å². The summed E-state index contributed by atoms with van der Waals surface area (Å²) in [6.45, 7) is 4.85. The van der Waals surface area contributed by atoms with Gasteiger partial charge in [0.15, 0.2) is 0 Å². The largest absolute Gasteiger partial charge is 0.368 e. The van der Waals surface area contributed by atoms with Gasteiger partial charge in [0.05, 0.1) is 0 Å². The number of benzene rings is 2. The van der Waals surface area contributed by atoms with Crippen molar-refractivity contribution in [3.63, 3.8) is 0 Å². The summed E-state index contributed by atoms with van der Waals surface area (Å²) < 4.78 is 0. The number of aryl methyl sites for hydroxylation is 1. The van der Waals surface area contributed by atoms with E-state index in [0.29, 0.717) is 25.9 Å². The predicted molar refractivity (Wildman–Crippen MR) is 121 cm³/mol. The summed E-state index contributed by atoms with van der Waals surface area (Å²) in [5, 5.41) is 0.723. The molecule has 0 saturated carbocycles. The Morgan fingerprint density at radius 3 is 2.40 bits per heavy atom. The molecule has 2 aliphatic rings. The summed E-state index contributed by atoms with van der Waals surface area (Å²) in [6.07, 6.45) is 2.80. The number of piperazine rings is 1. The molecule has 30 heavy (non-hydrogen) atoms. The van der Waals surface area contributed by atoms with Gasteiger partial charge >= 0.3 is 0 Å². The van der Waals surface area contributed by atoms with Gasteiger partial charge in [-0.1, -0.05) is 36.7 Å². The van der Waals surface area contributed by atoms with Crippen molar-refractivity contribution in [3.8, 4) is 0 Å². The number of para-hydroxylation sites is 1. The van der Waals surface area contributed by atoms with E-state index in [9.17, 15) is 9.59 Å². The van der Waals surface area contributed by atoms with Gasteiger partial charge in [-0.2, -0.15) is 0 Å². The maximum atomic E-state index is 13.5. The van der Waals surface area contributed by atoms with Crippen molar-refractivity contribution in [1.29, 1.82) is 0 Å². The molecule has 0 N–H and O–H groups in total. The number of carbonyl (C=O) groups excluding carboxylic acids is 2. The first-order valence-electron chi connectivity index (χ1n) is 10.8. The molecule has 2 aromatic carbocycles. The molecule has 0 radical (unpaired) electrons. The number of fused-ring (bicyclic) bond motifs is 1. The lowest BCUT2D eigenvalue weighted by Gasteiger charge is -2.39. The molecule has 0 aromatic heterocycles. The first-order chi connectivity index (χ1) is 14.6. The van der Waals surface area contributed by atoms with E-state index in [1.807, 2.05) is 54.3 Å². The fourth-order valence-corrected chi connectivity index (χ4v) is 4.63. The van der Waals surface area contributed by atoms with E-state index in [1.165, 1.54) is 0 Å². The van der Waals surface area contributed by atoms with Gasteiger partial charge in [0.2, 0.25) is 11.8 Å². The van der Waals surface area contributed by atoms with Gasteiger partial charge in [0.25, 0.3) is 0 Å². The number of amides is 2. The van der Waals surface area contributed by atoms with Gasteiger partial charge in [0.1, 0.15) is 6.04 Å². The van der Waals surface area contributed by atoms with Gasteiger partial charge in [-0.3, -0.25) is 14.5 Å². The monoisotopic (exact) mass is 425 g/mol. The van der Waals surface area contributed by atoms with Gasteiger partial charge in [0, 0.05) is 49.0 Å². The summed E-state index contributed by atoms with van der Waals surface area (Å²) in [4.78, 5) is 32.4. The Kier molecular flexibility index (Phi) is 6.28. The third-order valence-electron chi connectivity index (χ3n) is 6.12. The van der Waals surface area contributed by atoms with Crippen LogP contribution < -0.4 is 9.80 Å². The quantitative estimate of drug-likeness (QED) is 0.739. The van der Waals surface area contributed by atoms with E-state index in [0.717, 1.165) is 47.9 Å². The lowest BCUT2D eigenvalue weighted by atomic mass is 10.1. The molecule has 1 atom stereocenters. The van der Waals surface area contributed by atoms with Crippen LogP contribution in [0.15, 0.2) is 48.5 Å². The Balaban J connectivity index is 1.49. The van der Waals surface area contributed by atoms with Gasteiger partial charge in [-0.25, -0.2) is 0 Å². The number of carbonyl (C=O) groups is 2. The Morgan fingerprint density at radius 2 is 1.70 bits per heavy atom. The summed E-state index contributed by atoms with van der Waals surface area (Å²) in [7, 11) is 0. The van der Waals surface area contributed by atoms with Crippen LogP contribution in [0.4, 0.5) is 11.4 Å². The summed E-state index contributed by atoms with van der Waals surface area (Å²) in [6, 6.07) is 15.4. The summed E-state index contributed by atoms with van der Waals surface area (Å²) in [5.41, 5.74) is 3.18. The number of rotatable bonds is 4. The molecule has 1 unspecified atom stereocenters. The molecule has 2 aliphatic heterocycles. The Labute approximate surface area is 183 Å². The van der Waals surface area contributed by atoms with Crippen LogP contribution in [0, 0.1) is 0 Å². The van der Waals surface area contributed by atoms with E-state index in [-0.39, 0.29) is 11.8 Å². The highest BCUT2D eigenvalue weighted by Gasteiger charge is 2.35. The molecule has 0 spiro atoms. The molecule has 158 valence electrons. The highest BCUT2D eigenvalue weighted by Crippen LogP contribution is 2.30. The third-order valence-corrected chi connectivity index (χ3v) is 6.38. The van der Waals surface area contributed by atoms with E-state index < -0.39 is 6.04 Å². The lowest BCUT2D eigenvalue weighted by Crippen LogP contribution is -2.56. The third kappa shape index (κ3) is 4.17. The minimum atomic E-state index is -0.446. The molecule has 4 rings (SSSR count). The van der Waals surface area contributed by atoms with Crippen LogP contribution in [-0.4, -0.2) is 48.9 Å². The summed E-state index contributed by atoms with van der Waals surface area (Å²) >= 11 is 6.00. The minimum absolute atomic E-state index is 0.0540. The second-order valence-electron chi connectivity index (χ2n) is 7.96. The first kappa shape index (κ1) is 20.7. The van der Waals surface area contributed by atoms with Crippen molar-refractivity contribution in [2.45, 2.75) is 38.6 Å². The van der Waals surface area contributed by atoms with E-state index >= 15 is 0 Å². The first-order valence-corrected chi connectivity index (χ1v) is 11.2. The maximum Gasteiger partial charge on any atom is 0.245 e. The number of nitrogens with zero attached hydrogens (tertiary/aromatic N) is 3. The average Bonchev–Trinajstić information content (AvgIpc) is 2.94. The highest BCUT2D eigenvalue weighted by molar-refractivity contribution is 6.30. The zero-order chi connectivity index (χ0) is 21.1. The molecule has 1 fully saturated rings. The maximum absolute atomic E-state index is 13.5. The van der Waals surface area contributed by atoms with Crippen LogP contribution in [0.25, 0.3) is 0 Å². The van der Waals surface area contributed by atoms with Crippen LogP contribution in [0.5, 0.6) is 0 Å². The zero-order valence-corrected chi connectivity index (χ0v) is 18.1. The molecule has 2 amide bonds. The van der Waals surface area contributed by atoms with Crippen molar-refractivity contribution in [3.05, 3.63) is 59.1 Å². The standard InChI is InChI=1S/C24H28ClN3O2/c1-2-21(28-22-8-4-3-6-18(22)7-5-9-23(28)29)24(30)27-16-14-26(15-17-27)20-12-10-19(25)11-13-20/h3-4,6,8,10-13,21H,2,5,7,9,14-17H2,1H3. The van der Waals surface area contributed by atoms with Crippen molar-refractivity contribution in [1.82, 2.24) is 4.90 Å². The molecule has 0 aliphatic carbocycles. The van der Waals surface area contributed by atoms with Gasteiger partial charge < -0.3 is 9.80 Å². The van der Waals surface area contributed by atoms with E-state index in [1.54, 1.807) is 4.90 Å². The van der Waals surface area contributed by atoms with Crippen molar-refractivity contribution in [2.24, 2.45) is 0 Å². The van der Waals surface area contributed by atoms with Crippen LogP contribution >= 0.6 is 11.6 Å². The fourth-order valence-electron chi connectivity index (χ4n) is 4.50.